The van der Waals surface area contributed by atoms with Crippen molar-refractivity contribution in [3.05, 3.63) is 54.2 Å². The molecule has 2 aromatic rings. The summed E-state index contributed by atoms with van der Waals surface area (Å²) in [4.78, 5) is 41.6. The van der Waals surface area contributed by atoms with E-state index in [0.29, 0.717) is 24.5 Å². The minimum absolute atomic E-state index is 0.124. The maximum atomic E-state index is 12.1. The van der Waals surface area contributed by atoms with Gasteiger partial charge in [-0.05, 0) is 36.8 Å². The zero-order valence-electron chi connectivity index (χ0n) is 16.8. The fraction of sp³-hybridized carbons (Fsp3) is 0.333. The summed E-state index contributed by atoms with van der Waals surface area (Å²) in [7, 11) is 1.89. The number of pyridine rings is 1. The van der Waals surface area contributed by atoms with Crippen molar-refractivity contribution in [3.8, 4) is 5.75 Å². The number of carbonyl (C=O) groups excluding carboxylic acids is 1. The van der Waals surface area contributed by atoms with E-state index in [4.69, 9.17) is 9.47 Å². The molecule has 2 N–H and O–H groups in total. The highest BCUT2D eigenvalue weighted by Crippen LogP contribution is 2.27. The highest BCUT2D eigenvalue weighted by Gasteiger charge is 2.55. The van der Waals surface area contributed by atoms with Gasteiger partial charge in [0.25, 0.3) is 5.41 Å². The van der Waals surface area contributed by atoms with Crippen molar-refractivity contribution in [2.75, 3.05) is 31.7 Å². The van der Waals surface area contributed by atoms with Crippen molar-refractivity contribution in [1.29, 1.82) is 0 Å². The quantitative estimate of drug-likeness (QED) is 0.417. The van der Waals surface area contributed by atoms with Gasteiger partial charge in [-0.1, -0.05) is 18.2 Å². The molecule has 1 aromatic heterocycles. The Hall–Kier alpha value is -3.62. The molecule has 0 atom stereocenters. The summed E-state index contributed by atoms with van der Waals surface area (Å²) in [5, 5.41) is 18.9. The van der Waals surface area contributed by atoms with Gasteiger partial charge in [-0.25, -0.2) is 4.98 Å². The topological polar surface area (TPSA) is 126 Å². The largest absolute Gasteiger partial charge is 0.492 e. The third-order valence-corrected chi connectivity index (χ3v) is 4.48. The fourth-order valence-corrected chi connectivity index (χ4v) is 2.75. The first-order valence-corrected chi connectivity index (χ1v) is 9.29. The van der Waals surface area contributed by atoms with Crippen LogP contribution in [0, 0.1) is 5.41 Å². The van der Waals surface area contributed by atoms with Crippen LogP contribution in [0.1, 0.15) is 12.5 Å². The Kier molecular flexibility index (Phi) is 7.74. The number of hydrogen-bond donors (Lipinski definition) is 2. The second-order valence-electron chi connectivity index (χ2n) is 6.51. The average molecular weight is 416 g/mol. The van der Waals surface area contributed by atoms with E-state index in [2.05, 4.69) is 4.98 Å². The predicted octanol–water partition coefficient (Wildman–Crippen LogP) is 1.86. The molecular formula is C21H24N2O7. The Morgan fingerprint density at radius 2 is 1.73 bits per heavy atom. The Bertz CT molecular complexity index is 855. The van der Waals surface area contributed by atoms with Crippen LogP contribution in [0.15, 0.2) is 48.7 Å². The standard InChI is InChI=1S/C21H24N2O7/c1-3-29-20(28)21(18(24)25,19(26)27)14-15-7-9-16(10-8-15)30-13-12-23(2)17-6-4-5-11-22-17/h4-11H,3,12-14H2,1-2H3,(H,24,25)(H,26,27). The van der Waals surface area contributed by atoms with Gasteiger partial charge < -0.3 is 24.6 Å². The number of benzene rings is 1. The Balaban J connectivity index is 2.02. The normalized spacial score (nSPS) is 10.9. The number of carbonyl (C=O) groups is 3. The Morgan fingerprint density at radius 3 is 2.27 bits per heavy atom. The van der Waals surface area contributed by atoms with Gasteiger partial charge in [0.15, 0.2) is 0 Å². The molecule has 0 aliphatic rings. The number of anilines is 1. The first-order valence-electron chi connectivity index (χ1n) is 9.29. The molecule has 0 radical (unpaired) electrons. The van der Waals surface area contributed by atoms with Crippen LogP contribution in [0.25, 0.3) is 0 Å². The number of aliphatic carboxylic acids is 2. The number of nitrogens with zero attached hydrogens (tertiary/aromatic N) is 2. The van der Waals surface area contributed by atoms with E-state index in [9.17, 15) is 24.6 Å². The molecule has 0 saturated heterocycles. The number of carboxylic acid groups (broad SMARTS) is 2. The molecule has 30 heavy (non-hydrogen) atoms. The molecule has 0 bridgehead atoms. The Morgan fingerprint density at radius 1 is 1.07 bits per heavy atom. The number of hydrogen-bond acceptors (Lipinski definition) is 7. The fourth-order valence-electron chi connectivity index (χ4n) is 2.75. The lowest BCUT2D eigenvalue weighted by Gasteiger charge is -2.23. The molecule has 0 fully saturated rings. The molecule has 9 nitrogen and oxygen atoms in total. The van der Waals surface area contributed by atoms with E-state index in [1.165, 1.54) is 19.1 Å². The number of ether oxygens (including phenoxy) is 2. The number of aromatic nitrogens is 1. The van der Waals surface area contributed by atoms with Gasteiger partial charge in [0.05, 0.1) is 13.2 Å². The molecule has 2 rings (SSSR count). The molecule has 160 valence electrons. The number of esters is 1. The van der Waals surface area contributed by atoms with Crippen molar-refractivity contribution in [1.82, 2.24) is 4.98 Å². The van der Waals surface area contributed by atoms with Crippen molar-refractivity contribution in [2.45, 2.75) is 13.3 Å². The zero-order valence-corrected chi connectivity index (χ0v) is 16.8. The maximum Gasteiger partial charge on any atom is 0.335 e. The summed E-state index contributed by atoms with van der Waals surface area (Å²) in [6.07, 6.45) is 1.16. The van der Waals surface area contributed by atoms with Gasteiger partial charge in [0.2, 0.25) is 0 Å². The third kappa shape index (κ3) is 5.25. The van der Waals surface area contributed by atoms with Crippen LogP contribution in [0.4, 0.5) is 5.82 Å². The van der Waals surface area contributed by atoms with Crippen molar-refractivity contribution >= 4 is 23.7 Å². The van der Waals surface area contributed by atoms with Crippen LogP contribution >= 0.6 is 0 Å². The molecule has 0 saturated carbocycles. The second-order valence-corrected chi connectivity index (χ2v) is 6.51. The van der Waals surface area contributed by atoms with E-state index in [1.807, 2.05) is 30.1 Å². The summed E-state index contributed by atoms with van der Waals surface area (Å²) in [5.41, 5.74) is -2.35. The van der Waals surface area contributed by atoms with Crippen LogP contribution in [0.2, 0.25) is 0 Å². The van der Waals surface area contributed by atoms with Crippen molar-refractivity contribution < 1.29 is 34.1 Å². The molecule has 0 aliphatic heterocycles. The van der Waals surface area contributed by atoms with Crippen LogP contribution in [0.5, 0.6) is 5.75 Å². The van der Waals surface area contributed by atoms with Crippen LogP contribution in [-0.2, 0) is 25.5 Å². The lowest BCUT2D eigenvalue weighted by atomic mass is 9.81. The van der Waals surface area contributed by atoms with Gasteiger partial charge in [-0.15, -0.1) is 0 Å². The van der Waals surface area contributed by atoms with Crippen molar-refractivity contribution in [3.63, 3.8) is 0 Å². The maximum absolute atomic E-state index is 12.1. The smallest absolute Gasteiger partial charge is 0.335 e. The van der Waals surface area contributed by atoms with E-state index in [1.54, 1.807) is 18.3 Å². The van der Waals surface area contributed by atoms with E-state index >= 15 is 0 Å². The van der Waals surface area contributed by atoms with E-state index in [-0.39, 0.29) is 6.61 Å². The lowest BCUT2D eigenvalue weighted by Crippen LogP contribution is -2.49. The van der Waals surface area contributed by atoms with Crippen LogP contribution in [-0.4, -0.2) is 59.9 Å². The summed E-state index contributed by atoms with van der Waals surface area (Å²) in [6.45, 7) is 2.32. The molecule has 0 aliphatic carbocycles. The minimum Gasteiger partial charge on any atom is -0.492 e. The Labute approximate surface area is 173 Å². The van der Waals surface area contributed by atoms with E-state index < -0.39 is 29.7 Å². The molecule has 0 amide bonds. The number of likely N-dealkylation sites (N-methyl/N-ethyl adjacent to an activating group) is 1. The minimum atomic E-state index is -2.70. The lowest BCUT2D eigenvalue weighted by molar-refractivity contribution is -0.178. The zero-order chi connectivity index (χ0) is 22.1. The summed E-state index contributed by atoms with van der Waals surface area (Å²) < 4.78 is 10.4. The van der Waals surface area contributed by atoms with E-state index in [0.717, 1.165) is 5.82 Å². The van der Waals surface area contributed by atoms with Crippen LogP contribution in [0.3, 0.4) is 0 Å². The molecular weight excluding hydrogens is 392 g/mol. The summed E-state index contributed by atoms with van der Waals surface area (Å²) >= 11 is 0. The number of carboxylic acids is 2. The molecule has 0 spiro atoms. The molecule has 0 unspecified atom stereocenters. The molecule has 9 heteroatoms. The molecule has 1 aromatic carbocycles. The summed E-state index contributed by atoms with van der Waals surface area (Å²) in [5.74, 6) is -3.50. The van der Waals surface area contributed by atoms with Gasteiger partial charge in [-0.3, -0.25) is 14.4 Å². The first kappa shape index (κ1) is 22.7. The van der Waals surface area contributed by atoms with Gasteiger partial charge >= 0.3 is 17.9 Å². The van der Waals surface area contributed by atoms with Gasteiger partial charge in [-0.2, -0.15) is 0 Å². The third-order valence-electron chi connectivity index (χ3n) is 4.48. The highest BCUT2D eigenvalue weighted by atomic mass is 16.5. The second kappa shape index (κ2) is 10.2. The van der Waals surface area contributed by atoms with Gasteiger partial charge in [0.1, 0.15) is 18.2 Å². The van der Waals surface area contributed by atoms with Gasteiger partial charge in [0, 0.05) is 19.7 Å². The van der Waals surface area contributed by atoms with Crippen molar-refractivity contribution in [2.24, 2.45) is 5.41 Å². The summed E-state index contributed by atoms with van der Waals surface area (Å²) in [6, 6.07) is 11.8. The number of rotatable bonds is 11. The average Bonchev–Trinajstić information content (AvgIpc) is 2.73. The monoisotopic (exact) mass is 416 g/mol. The van der Waals surface area contributed by atoms with Crippen LogP contribution < -0.4 is 9.64 Å². The highest BCUT2D eigenvalue weighted by molar-refractivity contribution is 6.17. The molecule has 1 heterocycles. The SMILES string of the molecule is CCOC(=O)C(Cc1ccc(OCCN(C)c2ccccn2)cc1)(C(=O)O)C(=O)O. The first-order chi connectivity index (χ1) is 14.3. The predicted molar refractivity (Wildman–Crippen MR) is 107 cm³/mol.